The molecule has 0 saturated carbocycles. The maximum atomic E-state index is 12.1. The number of carbonyl (C=O) groups is 2. The number of hydrogen-bond donors (Lipinski definition) is 0. The summed E-state index contributed by atoms with van der Waals surface area (Å²) in [5.74, 6) is -0.296. The summed E-state index contributed by atoms with van der Waals surface area (Å²) in [6.45, 7) is 1.33. The van der Waals surface area contributed by atoms with Gasteiger partial charge in [-0.25, -0.2) is 0 Å². The molecule has 2 rings (SSSR count). The smallest absolute Gasteiger partial charge is 0.261 e. The molecule has 1 aromatic carbocycles. The van der Waals surface area contributed by atoms with Crippen LogP contribution < -0.4 is 0 Å². The molecule has 0 unspecified atom stereocenters. The summed E-state index contributed by atoms with van der Waals surface area (Å²) in [5, 5.41) is 0. The van der Waals surface area contributed by atoms with Crippen molar-refractivity contribution < 1.29 is 14.3 Å². The lowest BCUT2D eigenvalue weighted by molar-refractivity contribution is 0.0651. The Labute approximate surface area is 119 Å². The van der Waals surface area contributed by atoms with Gasteiger partial charge in [-0.15, -0.1) is 0 Å². The third-order valence-electron chi connectivity index (χ3n) is 3.61. The van der Waals surface area contributed by atoms with Crippen molar-refractivity contribution in [1.82, 2.24) is 4.90 Å². The monoisotopic (exact) mass is 275 g/mol. The van der Waals surface area contributed by atoms with E-state index in [0.717, 1.165) is 38.7 Å². The van der Waals surface area contributed by atoms with Crippen LogP contribution in [0.25, 0.3) is 0 Å². The first-order chi connectivity index (χ1) is 9.75. The van der Waals surface area contributed by atoms with Gasteiger partial charge in [0.1, 0.15) is 0 Å². The third-order valence-corrected chi connectivity index (χ3v) is 3.61. The van der Waals surface area contributed by atoms with Crippen LogP contribution in [0.4, 0.5) is 0 Å². The first-order valence-electron chi connectivity index (χ1n) is 7.20. The lowest BCUT2D eigenvalue weighted by atomic mass is 10.1. The van der Waals surface area contributed by atoms with Crippen molar-refractivity contribution in [2.45, 2.75) is 32.1 Å². The van der Waals surface area contributed by atoms with Crippen LogP contribution >= 0.6 is 0 Å². The number of benzene rings is 1. The average molecular weight is 275 g/mol. The van der Waals surface area contributed by atoms with Crippen molar-refractivity contribution in [2.75, 3.05) is 20.3 Å². The molecule has 4 heteroatoms. The summed E-state index contributed by atoms with van der Waals surface area (Å²) < 4.78 is 5.00. The highest BCUT2D eigenvalue weighted by molar-refractivity contribution is 6.21. The molecule has 20 heavy (non-hydrogen) atoms. The summed E-state index contributed by atoms with van der Waals surface area (Å²) in [4.78, 5) is 25.6. The van der Waals surface area contributed by atoms with Crippen molar-refractivity contribution in [3.63, 3.8) is 0 Å². The van der Waals surface area contributed by atoms with E-state index in [1.807, 2.05) is 0 Å². The molecule has 0 aliphatic carbocycles. The van der Waals surface area contributed by atoms with Crippen LogP contribution in [-0.2, 0) is 4.74 Å². The van der Waals surface area contributed by atoms with Crippen LogP contribution in [0.5, 0.6) is 0 Å². The van der Waals surface area contributed by atoms with Crippen LogP contribution in [0.2, 0.25) is 0 Å². The van der Waals surface area contributed by atoms with Gasteiger partial charge in [-0.3, -0.25) is 14.5 Å². The molecule has 0 radical (unpaired) electrons. The molecule has 1 aromatic rings. The van der Waals surface area contributed by atoms with Crippen molar-refractivity contribution in [3.05, 3.63) is 35.4 Å². The van der Waals surface area contributed by atoms with E-state index in [1.165, 1.54) is 4.90 Å². The Morgan fingerprint density at radius 3 is 2.05 bits per heavy atom. The van der Waals surface area contributed by atoms with Crippen LogP contribution in [-0.4, -0.2) is 37.0 Å². The van der Waals surface area contributed by atoms with E-state index in [0.29, 0.717) is 17.7 Å². The van der Waals surface area contributed by atoms with Gasteiger partial charge >= 0.3 is 0 Å². The third kappa shape index (κ3) is 3.25. The van der Waals surface area contributed by atoms with Crippen molar-refractivity contribution in [2.24, 2.45) is 0 Å². The molecule has 0 aromatic heterocycles. The van der Waals surface area contributed by atoms with E-state index in [1.54, 1.807) is 31.4 Å². The van der Waals surface area contributed by atoms with Gasteiger partial charge in [0.05, 0.1) is 11.1 Å². The highest BCUT2D eigenvalue weighted by Gasteiger charge is 2.34. The fourth-order valence-electron chi connectivity index (χ4n) is 2.49. The Kier molecular flexibility index (Phi) is 5.30. The first kappa shape index (κ1) is 14.7. The topological polar surface area (TPSA) is 46.6 Å². The molecule has 4 nitrogen and oxygen atoms in total. The molecule has 1 aliphatic heterocycles. The zero-order valence-electron chi connectivity index (χ0n) is 11.9. The van der Waals surface area contributed by atoms with Crippen LogP contribution in [0, 0.1) is 0 Å². The Morgan fingerprint density at radius 2 is 1.45 bits per heavy atom. The molecule has 0 saturated heterocycles. The second-order valence-corrected chi connectivity index (χ2v) is 5.07. The summed E-state index contributed by atoms with van der Waals surface area (Å²) in [5.41, 5.74) is 1.08. The molecule has 1 aliphatic rings. The highest BCUT2D eigenvalue weighted by Crippen LogP contribution is 2.22. The largest absolute Gasteiger partial charge is 0.385 e. The Hall–Kier alpha value is -1.68. The fourth-order valence-corrected chi connectivity index (χ4v) is 2.49. The van der Waals surface area contributed by atoms with Crippen molar-refractivity contribution >= 4 is 11.8 Å². The number of methoxy groups -OCH3 is 1. The normalized spacial score (nSPS) is 13.9. The highest BCUT2D eigenvalue weighted by atomic mass is 16.5. The molecule has 0 bridgehead atoms. The molecule has 1 heterocycles. The van der Waals surface area contributed by atoms with Gasteiger partial charge in [0.25, 0.3) is 11.8 Å². The number of fused-ring (bicyclic) bond motifs is 1. The van der Waals surface area contributed by atoms with Crippen molar-refractivity contribution in [1.29, 1.82) is 0 Å². The Morgan fingerprint density at radius 1 is 0.900 bits per heavy atom. The SMILES string of the molecule is COCCCCCCCN1C(=O)c2ccccc2C1=O. The average Bonchev–Trinajstić information content (AvgIpc) is 2.71. The molecule has 0 fully saturated rings. The predicted molar refractivity (Wildman–Crippen MR) is 76.8 cm³/mol. The number of ether oxygens (including phenoxy) is 1. The number of carbonyl (C=O) groups excluding carboxylic acids is 2. The summed E-state index contributed by atoms with van der Waals surface area (Å²) in [7, 11) is 1.71. The molecule has 0 spiro atoms. The lowest BCUT2D eigenvalue weighted by Crippen LogP contribution is -2.30. The second-order valence-electron chi connectivity index (χ2n) is 5.07. The van der Waals surface area contributed by atoms with Gasteiger partial charge in [-0.2, -0.15) is 0 Å². The number of imide groups is 1. The number of amides is 2. The van der Waals surface area contributed by atoms with E-state index in [2.05, 4.69) is 0 Å². The van der Waals surface area contributed by atoms with Gasteiger partial charge in [0, 0.05) is 20.3 Å². The Bertz CT molecular complexity index is 449. The summed E-state index contributed by atoms with van der Waals surface area (Å²) in [6.07, 6.45) is 5.24. The number of hydrogen-bond acceptors (Lipinski definition) is 3. The molecule has 0 N–H and O–H groups in total. The standard InChI is InChI=1S/C16H21NO3/c1-20-12-8-4-2-3-7-11-17-15(18)13-9-5-6-10-14(13)16(17)19/h5-6,9-10H,2-4,7-8,11-12H2,1H3. The maximum absolute atomic E-state index is 12.1. The van der Waals surface area contributed by atoms with Gasteiger partial charge in [-0.05, 0) is 25.0 Å². The van der Waals surface area contributed by atoms with Crippen LogP contribution in [0.3, 0.4) is 0 Å². The molecular formula is C16H21NO3. The van der Waals surface area contributed by atoms with E-state index >= 15 is 0 Å². The maximum Gasteiger partial charge on any atom is 0.261 e. The van der Waals surface area contributed by atoms with Gasteiger partial charge in [-0.1, -0.05) is 31.4 Å². The summed E-state index contributed by atoms with van der Waals surface area (Å²) in [6, 6.07) is 7.03. The molecule has 0 atom stereocenters. The van der Waals surface area contributed by atoms with Crippen LogP contribution in [0.1, 0.15) is 52.8 Å². The van der Waals surface area contributed by atoms with E-state index in [4.69, 9.17) is 4.74 Å². The van der Waals surface area contributed by atoms with Gasteiger partial charge < -0.3 is 4.74 Å². The predicted octanol–water partition coefficient (Wildman–Crippen LogP) is 2.88. The number of rotatable bonds is 8. The zero-order chi connectivity index (χ0) is 14.4. The summed E-state index contributed by atoms with van der Waals surface area (Å²) >= 11 is 0. The van der Waals surface area contributed by atoms with Crippen LogP contribution in [0.15, 0.2) is 24.3 Å². The minimum absolute atomic E-state index is 0.148. The van der Waals surface area contributed by atoms with Gasteiger partial charge in [0.2, 0.25) is 0 Å². The van der Waals surface area contributed by atoms with E-state index in [-0.39, 0.29) is 11.8 Å². The number of nitrogens with zero attached hydrogens (tertiary/aromatic N) is 1. The zero-order valence-corrected chi connectivity index (χ0v) is 11.9. The lowest BCUT2D eigenvalue weighted by Gasteiger charge is -2.13. The second kappa shape index (κ2) is 7.20. The number of unbranched alkanes of at least 4 members (excludes halogenated alkanes) is 4. The first-order valence-corrected chi connectivity index (χ1v) is 7.20. The molecule has 108 valence electrons. The minimum atomic E-state index is -0.148. The van der Waals surface area contributed by atoms with E-state index in [9.17, 15) is 9.59 Å². The molecule has 2 amide bonds. The minimum Gasteiger partial charge on any atom is -0.385 e. The quantitative estimate of drug-likeness (QED) is 0.541. The van der Waals surface area contributed by atoms with Crippen molar-refractivity contribution in [3.8, 4) is 0 Å². The fraction of sp³-hybridized carbons (Fsp3) is 0.500. The van der Waals surface area contributed by atoms with Gasteiger partial charge in [0.15, 0.2) is 0 Å². The van der Waals surface area contributed by atoms with E-state index < -0.39 is 0 Å². The molecular weight excluding hydrogens is 254 g/mol. The Balaban J connectivity index is 1.75.